The van der Waals surface area contributed by atoms with Crippen molar-refractivity contribution in [3.63, 3.8) is 0 Å². The number of likely N-dealkylation sites (tertiary alicyclic amines) is 1. The van der Waals surface area contributed by atoms with E-state index in [9.17, 15) is 14.0 Å². The largest absolute Gasteiger partial charge is 0.399 e. The minimum Gasteiger partial charge on any atom is -0.399 e. The molecule has 6 heteroatoms. The van der Waals surface area contributed by atoms with Crippen LogP contribution in [-0.4, -0.2) is 35.8 Å². The lowest BCUT2D eigenvalue weighted by atomic mass is 10.1. The molecule has 1 heterocycles. The molecule has 2 amide bonds. The molecule has 21 heavy (non-hydrogen) atoms. The second-order valence-electron chi connectivity index (χ2n) is 5.35. The number of hydrogen-bond acceptors (Lipinski definition) is 3. The lowest BCUT2D eigenvalue weighted by molar-refractivity contribution is -0.133. The van der Waals surface area contributed by atoms with Crippen LogP contribution in [0.1, 0.15) is 36.5 Å². The van der Waals surface area contributed by atoms with Gasteiger partial charge >= 0.3 is 0 Å². The van der Waals surface area contributed by atoms with Gasteiger partial charge in [0.1, 0.15) is 11.9 Å². The number of nitrogens with one attached hydrogen (secondary N) is 1. The number of nitrogens with two attached hydrogens (primary N) is 1. The highest BCUT2D eigenvalue weighted by Gasteiger charge is 2.23. The number of rotatable bonds is 3. The molecule has 0 saturated carbocycles. The summed E-state index contributed by atoms with van der Waals surface area (Å²) in [6, 6.07) is 2.99. The molecular formula is C15H20FN3O2. The number of anilines is 1. The third-order valence-corrected chi connectivity index (χ3v) is 3.57. The summed E-state index contributed by atoms with van der Waals surface area (Å²) in [5.74, 6) is -1.18. The van der Waals surface area contributed by atoms with Crippen molar-refractivity contribution in [2.75, 3.05) is 18.8 Å². The molecular weight excluding hydrogens is 273 g/mol. The number of halogens is 1. The van der Waals surface area contributed by atoms with E-state index in [1.165, 1.54) is 6.07 Å². The molecule has 0 spiro atoms. The van der Waals surface area contributed by atoms with E-state index < -0.39 is 17.8 Å². The predicted octanol–water partition coefficient (Wildman–Crippen LogP) is 1.54. The number of piperidine rings is 1. The van der Waals surface area contributed by atoms with Crippen LogP contribution < -0.4 is 11.1 Å². The van der Waals surface area contributed by atoms with Gasteiger partial charge in [-0.05, 0) is 44.4 Å². The minimum atomic E-state index is -0.639. The Hall–Kier alpha value is -2.11. The van der Waals surface area contributed by atoms with E-state index in [4.69, 9.17) is 5.73 Å². The van der Waals surface area contributed by atoms with E-state index in [2.05, 4.69) is 5.32 Å². The number of nitrogens with zero attached hydrogens (tertiary/aromatic N) is 1. The molecule has 3 N–H and O–H groups in total. The number of hydrogen-bond donors (Lipinski definition) is 2. The first-order valence-corrected chi connectivity index (χ1v) is 7.13. The molecule has 1 unspecified atom stereocenters. The van der Waals surface area contributed by atoms with Crippen LogP contribution in [0, 0.1) is 5.82 Å². The smallest absolute Gasteiger partial charge is 0.252 e. The SMILES string of the molecule is CC(NC(=O)c1cc(N)cc(F)c1)C(=O)N1CCCCC1. The zero-order valence-corrected chi connectivity index (χ0v) is 12.1. The molecule has 1 saturated heterocycles. The van der Waals surface area contributed by atoms with Gasteiger partial charge in [0.25, 0.3) is 5.91 Å². The van der Waals surface area contributed by atoms with Gasteiger partial charge in [0.05, 0.1) is 0 Å². The maximum absolute atomic E-state index is 13.2. The van der Waals surface area contributed by atoms with Gasteiger partial charge in [0.15, 0.2) is 0 Å². The van der Waals surface area contributed by atoms with Gasteiger partial charge in [-0.1, -0.05) is 0 Å². The van der Waals surface area contributed by atoms with Crippen LogP contribution in [0.3, 0.4) is 0 Å². The third-order valence-electron chi connectivity index (χ3n) is 3.57. The summed E-state index contributed by atoms with van der Waals surface area (Å²) in [4.78, 5) is 26.0. The molecule has 0 bridgehead atoms. The standard InChI is InChI=1S/C15H20FN3O2/c1-10(15(21)19-5-3-2-4-6-19)18-14(20)11-7-12(16)9-13(17)8-11/h7-10H,2-6,17H2,1H3,(H,18,20). The fraction of sp³-hybridized carbons (Fsp3) is 0.467. The molecule has 1 fully saturated rings. The first-order chi connectivity index (χ1) is 9.97. The highest BCUT2D eigenvalue weighted by molar-refractivity contribution is 5.98. The third kappa shape index (κ3) is 3.93. The van der Waals surface area contributed by atoms with Gasteiger partial charge in [0, 0.05) is 24.3 Å². The van der Waals surface area contributed by atoms with Crippen LogP contribution in [0.2, 0.25) is 0 Å². The zero-order chi connectivity index (χ0) is 15.4. The summed E-state index contributed by atoms with van der Waals surface area (Å²) in [5, 5.41) is 2.60. The first-order valence-electron chi connectivity index (χ1n) is 7.13. The van der Waals surface area contributed by atoms with E-state index in [-0.39, 0.29) is 17.2 Å². The first kappa shape index (κ1) is 15.3. The molecule has 1 aliphatic heterocycles. The van der Waals surface area contributed by atoms with Gasteiger partial charge in [-0.15, -0.1) is 0 Å². The van der Waals surface area contributed by atoms with Gasteiger partial charge in [-0.3, -0.25) is 9.59 Å². The van der Waals surface area contributed by atoms with E-state index >= 15 is 0 Å². The molecule has 0 radical (unpaired) electrons. The van der Waals surface area contributed by atoms with Crippen LogP contribution in [0.5, 0.6) is 0 Å². The van der Waals surface area contributed by atoms with Crippen molar-refractivity contribution >= 4 is 17.5 Å². The fourth-order valence-electron chi connectivity index (χ4n) is 2.47. The summed E-state index contributed by atoms with van der Waals surface area (Å²) in [6.45, 7) is 3.09. The molecule has 1 aromatic carbocycles. The van der Waals surface area contributed by atoms with Crippen LogP contribution in [0.15, 0.2) is 18.2 Å². The second-order valence-corrected chi connectivity index (χ2v) is 5.35. The number of carbonyl (C=O) groups excluding carboxylic acids is 2. The average molecular weight is 293 g/mol. The predicted molar refractivity (Wildman–Crippen MR) is 78.2 cm³/mol. The van der Waals surface area contributed by atoms with E-state index in [0.717, 1.165) is 44.5 Å². The van der Waals surface area contributed by atoms with Crippen molar-refractivity contribution in [2.45, 2.75) is 32.2 Å². The van der Waals surface area contributed by atoms with Gasteiger partial charge < -0.3 is 16.0 Å². The molecule has 5 nitrogen and oxygen atoms in total. The average Bonchev–Trinajstić information content (AvgIpc) is 2.46. The van der Waals surface area contributed by atoms with E-state index in [1.807, 2.05) is 0 Å². The Kier molecular flexibility index (Phi) is 4.77. The number of amides is 2. The summed E-state index contributed by atoms with van der Waals surface area (Å²) < 4.78 is 13.2. The Morgan fingerprint density at radius 3 is 2.52 bits per heavy atom. The lowest BCUT2D eigenvalue weighted by Crippen LogP contribution is -2.48. The molecule has 2 rings (SSSR count). The van der Waals surface area contributed by atoms with Gasteiger partial charge in [-0.2, -0.15) is 0 Å². The quantitative estimate of drug-likeness (QED) is 0.830. The van der Waals surface area contributed by atoms with Crippen LogP contribution in [0.25, 0.3) is 0 Å². The van der Waals surface area contributed by atoms with Crippen molar-refractivity contribution in [1.29, 1.82) is 0 Å². The Morgan fingerprint density at radius 2 is 1.90 bits per heavy atom. The van der Waals surface area contributed by atoms with Crippen molar-refractivity contribution in [2.24, 2.45) is 0 Å². The zero-order valence-electron chi connectivity index (χ0n) is 12.1. The monoisotopic (exact) mass is 293 g/mol. The Balaban J connectivity index is 1.99. The fourth-order valence-corrected chi connectivity index (χ4v) is 2.47. The highest BCUT2D eigenvalue weighted by atomic mass is 19.1. The van der Waals surface area contributed by atoms with Crippen LogP contribution in [0.4, 0.5) is 10.1 Å². The molecule has 114 valence electrons. The van der Waals surface area contributed by atoms with Crippen LogP contribution >= 0.6 is 0 Å². The summed E-state index contributed by atoms with van der Waals surface area (Å²) >= 11 is 0. The number of benzene rings is 1. The van der Waals surface area contributed by atoms with E-state index in [0.29, 0.717) is 0 Å². The van der Waals surface area contributed by atoms with Crippen molar-refractivity contribution < 1.29 is 14.0 Å². The summed E-state index contributed by atoms with van der Waals surface area (Å²) in [7, 11) is 0. The minimum absolute atomic E-state index is 0.104. The van der Waals surface area contributed by atoms with Gasteiger partial charge in [0.2, 0.25) is 5.91 Å². The topological polar surface area (TPSA) is 75.4 Å². The number of carbonyl (C=O) groups is 2. The van der Waals surface area contributed by atoms with Crippen molar-refractivity contribution in [1.82, 2.24) is 10.2 Å². The molecule has 1 aromatic rings. The van der Waals surface area contributed by atoms with E-state index in [1.54, 1.807) is 11.8 Å². The Morgan fingerprint density at radius 1 is 1.24 bits per heavy atom. The Labute approximate surface area is 123 Å². The molecule has 1 atom stereocenters. The van der Waals surface area contributed by atoms with Crippen LogP contribution in [-0.2, 0) is 4.79 Å². The summed E-state index contributed by atoms with van der Waals surface area (Å²) in [6.07, 6.45) is 3.12. The van der Waals surface area contributed by atoms with Gasteiger partial charge in [-0.25, -0.2) is 4.39 Å². The molecule has 0 aromatic heterocycles. The molecule has 0 aliphatic carbocycles. The lowest BCUT2D eigenvalue weighted by Gasteiger charge is -2.29. The maximum atomic E-state index is 13.2. The second kappa shape index (κ2) is 6.56. The van der Waals surface area contributed by atoms with Crippen molar-refractivity contribution in [3.05, 3.63) is 29.6 Å². The number of nitrogen functional groups attached to an aromatic ring is 1. The Bertz CT molecular complexity index is 521. The maximum Gasteiger partial charge on any atom is 0.252 e. The molecule has 1 aliphatic rings. The van der Waals surface area contributed by atoms with Crippen molar-refractivity contribution in [3.8, 4) is 0 Å². The summed E-state index contributed by atoms with van der Waals surface area (Å²) in [5.41, 5.74) is 5.80. The highest BCUT2D eigenvalue weighted by Crippen LogP contribution is 2.12. The normalized spacial score (nSPS) is 16.4.